The van der Waals surface area contributed by atoms with Crippen molar-refractivity contribution in [2.75, 3.05) is 0 Å². The van der Waals surface area contributed by atoms with Crippen LogP contribution in [0.1, 0.15) is 5.56 Å². The minimum atomic E-state index is -0.244. The number of rotatable bonds is 4. The highest BCUT2D eigenvalue weighted by atomic mass is 19.1. The van der Waals surface area contributed by atoms with E-state index in [2.05, 4.69) is 10.5 Å². The molecule has 1 aromatic carbocycles. The molecule has 0 fully saturated rings. The van der Waals surface area contributed by atoms with Gasteiger partial charge in [0.1, 0.15) is 5.82 Å². The Morgan fingerprint density at radius 1 is 1.38 bits per heavy atom. The molecule has 0 radical (unpaired) electrons. The predicted molar refractivity (Wildman–Crippen MR) is 50.5 cm³/mol. The highest BCUT2D eigenvalue weighted by Gasteiger charge is 1.90. The first-order chi connectivity index (χ1) is 6.33. The van der Waals surface area contributed by atoms with Gasteiger partial charge in [0.25, 0.3) is 0 Å². The molecule has 0 heterocycles. The number of hydrogen-bond acceptors (Lipinski definition) is 3. The van der Waals surface area contributed by atoms with Gasteiger partial charge < -0.3 is 10.8 Å². The van der Waals surface area contributed by atoms with E-state index < -0.39 is 0 Å². The second-order valence-corrected chi connectivity index (χ2v) is 2.41. The van der Waals surface area contributed by atoms with Gasteiger partial charge in [-0.3, -0.25) is 0 Å². The lowest BCUT2D eigenvalue weighted by molar-refractivity contribution is 0.626. The zero-order valence-electron chi connectivity index (χ0n) is 7.00. The van der Waals surface area contributed by atoms with Gasteiger partial charge in [-0.05, 0) is 17.7 Å². The fourth-order valence-electron chi connectivity index (χ4n) is 0.829. The third-order valence-electron chi connectivity index (χ3n) is 1.44. The molecule has 1 aromatic rings. The number of hydrogen-bond donors (Lipinski definition) is 2. The molecular weight excluding hydrogens is 169 g/mol. The molecule has 4 heteroatoms. The van der Waals surface area contributed by atoms with Gasteiger partial charge in [-0.15, -0.1) is 0 Å². The summed E-state index contributed by atoms with van der Waals surface area (Å²) in [5.74, 6) is -0.244. The van der Waals surface area contributed by atoms with E-state index >= 15 is 0 Å². The van der Waals surface area contributed by atoms with Gasteiger partial charge in [0, 0.05) is 6.21 Å². The van der Waals surface area contributed by atoms with Crippen molar-refractivity contribution in [2.24, 2.45) is 5.10 Å². The zero-order valence-corrected chi connectivity index (χ0v) is 7.00. The molecule has 0 aliphatic heterocycles. The number of hydrazone groups is 1. The summed E-state index contributed by atoms with van der Waals surface area (Å²) in [6.07, 6.45) is 2.42. The van der Waals surface area contributed by atoms with Crippen LogP contribution in [0.3, 0.4) is 0 Å². The molecule has 0 saturated carbocycles. The Bertz CT molecular complexity index is 292. The molecule has 0 bridgehead atoms. The highest BCUT2D eigenvalue weighted by Crippen LogP contribution is 2.01. The molecule has 0 amide bonds. The fourth-order valence-corrected chi connectivity index (χ4v) is 0.829. The van der Waals surface area contributed by atoms with Crippen LogP contribution in [0.2, 0.25) is 0 Å². The first kappa shape index (κ1) is 9.38. The van der Waals surface area contributed by atoms with Crippen LogP contribution < -0.4 is 5.43 Å². The number of benzene rings is 1. The summed E-state index contributed by atoms with van der Waals surface area (Å²) >= 11 is 0. The minimum absolute atomic E-state index is 0.244. The van der Waals surface area contributed by atoms with E-state index in [1.165, 1.54) is 18.3 Å². The van der Waals surface area contributed by atoms with E-state index in [1.54, 1.807) is 12.1 Å². The first-order valence-electron chi connectivity index (χ1n) is 3.82. The fraction of sp³-hybridized carbons (Fsp3) is 0.111. The molecule has 68 valence electrons. The standard InChI is InChI=1S/C9H10FN3/c10-9-3-1-8(2-4-9)7-13-12-6-5-11/h1-6,11,13H,7H2. The topological polar surface area (TPSA) is 48.2 Å². The summed E-state index contributed by atoms with van der Waals surface area (Å²) in [6, 6.07) is 6.17. The Morgan fingerprint density at radius 2 is 2.08 bits per heavy atom. The van der Waals surface area contributed by atoms with Crippen LogP contribution in [0.15, 0.2) is 29.4 Å². The number of nitrogens with one attached hydrogen (secondary N) is 2. The van der Waals surface area contributed by atoms with Crippen LogP contribution in [0.25, 0.3) is 0 Å². The van der Waals surface area contributed by atoms with Crippen LogP contribution >= 0.6 is 0 Å². The van der Waals surface area contributed by atoms with Gasteiger partial charge in [-0.25, -0.2) is 4.39 Å². The van der Waals surface area contributed by atoms with Crippen LogP contribution in [0, 0.1) is 11.2 Å². The van der Waals surface area contributed by atoms with Gasteiger partial charge in [-0.2, -0.15) is 5.10 Å². The Kier molecular flexibility index (Phi) is 3.63. The third kappa shape index (κ3) is 3.46. The zero-order chi connectivity index (χ0) is 9.52. The van der Waals surface area contributed by atoms with E-state index in [0.29, 0.717) is 6.54 Å². The van der Waals surface area contributed by atoms with Crippen LogP contribution in [0.4, 0.5) is 4.39 Å². The van der Waals surface area contributed by atoms with Crippen molar-refractivity contribution in [2.45, 2.75) is 6.54 Å². The Balaban J connectivity index is 2.41. The second kappa shape index (κ2) is 5.03. The molecule has 0 spiro atoms. The molecular formula is C9H10FN3. The number of nitrogens with zero attached hydrogens (tertiary/aromatic N) is 1. The smallest absolute Gasteiger partial charge is 0.123 e. The Hall–Kier alpha value is -1.71. The summed E-state index contributed by atoms with van der Waals surface area (Å²) in [4.78, 5) is 0. The molecule has 0 atom stereocenters. The summed E-state index contributed by atoms with van der Waals surface area (Å²) in [5, 5.41) is 10.3. The van der Waals surface area contributed by atoms with Crippen molar-refractivity contribution in [1.29, 1.82) is 5.41 Å². The van der Waals surface area contributed by atoms with Crippen molar-refractivity contribution in [3.05, 3.63) is 35.6 Å². The van der Waals surface area contributed by atoms with Crippen molar-refractivity contribution in [3.63, 3.8) is 0 Å². The average Bonchev–Trinajstić information content (AvgIpc) is 2.15. The van der Waals surface area contributed by atoms with Gasteiger partial charge in [0.05, 0.1) is 12.8 Å². The minimum Gasteiger partial charge on any atom is -0.307 e. The summed E-state index contributed by atoms with van der Waals surface area (Å²) in [5.41, 5.74) is 3.67. The van der Waals surface area contributed by atoms with Crippen LogP contribution in [-0.2, 0) is 6.54 Å². The normalized spacial score (nSPS) is 10.2. The third-order valence-corrected chi connectivity index (χ3v) is 1.44. The van der Waals surface area contributed by atoms with Crippen molar-refractivity contribution < 1.29 is 4.39 Å². The molecule has 0 aliphatic rings. The summed E-state index contributed by atoms with van der Waals surface area (Å²) in [7, 11) is 0. The van der Waals surface area contributed by atoms with Crippen LogP contribution in [-0.4, -0.2) is 12.4 Å². The molecule has 13 heavy (non-hydrogen) atoms. The Labute approximate surface area is 75.8 Å². The quantitative estimate of drug-likeness (QED) is 0.534. The maximum absolute atomic E-state index is 12.4. The van der Waals surface area contributed by atoms with E-state index in [4.69, 9.17) is 5.41 Å². The molecule has 0 aliphatic carbocycles. The highest BCUT2D eigenvalue weighted by molar-refractivity contribution is 6.14. The molecule has 0 aromatic heterocycles. The molecule has 3 nitrogen and oxygen atoms in total. The molecule has 2 N–H and O–H groups in total. The van der Waals surface area contributed by atoms with E-state index in [0.717, 1.165) is 11.8 Å². The first-order valence-corrected chi connectivity index (χ1v) is 3.82. The van der Waals surface area contributed by atoms with Crippen molar-refractivity contribution >= 4 is 12.4 Å². The predicted octanol–water partition coefficient (Wildman–Crippen LogP) is 1.55. The summed E-state index contributed by atoms with van der Waals surface area (Å²) < 4.78 is 12.4. The largest absolute Gasteiger partial charge is 0.307 e. The SMILES string of the molecule is N=CC=NNCc1ccc(F)cc1. The van der Waals surface area contributed by atoms with Gasteiger partial charge in [0.15, 0.2) is 0 Å². The van der Waals surface area contributed by atoms with Gasteiger partial charge in [-0.1, -0.05) is 12.1 Å². The lowest BCUT2D eigenvalue weighted by Crippen LogP contribution is -2.05. The maximum Gasteiger partial charge on any atom is 0.123 e. The Morgan fingerprint density at radius 3 is 2.69 bits per heavy atom. The van der Waals surface area contributed by atoms with Gasteiger partial charge >= 0.3 is 0 Å². The lowest BCUT2D eigenvalue weighted by atomic mass is 10.2. The van der Waals surface area contributed by atoms with Crippen LogP contribution in [0.5, 0.6) is 0 Å². The van der Waals surface area contributed by atoms with Crippen molar-refractivity contribution in [3.8, 4) is 0 Å². The van der Waals surface area contributed by atoms with E-state index in [9.17, 15) is 4.39 Å². The lowest BCUT2D eigenvalue weighted by Gasteiger charge is -1.99. The van der Waals surface area contributed by atoms with E-state index in [1.807, 2.05) is 0 Å². The second-order valence-electron chi connectivity index (χ2n) is 2.41. The average molecular weight is 179 g/mol. The van der Waals surface area contributed by atoms with Gasteiger partial charge in [0.2, 0.25) is 0 Å². The maximum atomic E-state index is 12.4. The molecule has 0 unspecified atom stereocenters. The molecule has 0 saturated heterocycles. The summed E-state index contributed by atoms with van der Waals surface area (Å²) in [6.45, 7) is 0.532. The van der Waals surface area contributed by atoms with E-state index in [-0.39, 0.29) is 5.82 Å². The monoisotopic (exact) mass is 179 g/mol. The number of halogens is 1. The van der Waals surface area contributed by atoms with Crippen molar-refractivity contribution in [1.82, 2.24) is 5.43 Å². The molecule has 1 rings (SSSR count).